The van der Waals surface area contributed by atoms with Crippen molar-refractivity contribution in [1.82, 2.24) is 4.90 Å². The van der Waals surface area contributed by atoms with E-state index in [1.54, 1.807) is 4.90 Å². The van der Waals surface area contributed by atoms with Crippen molar-refractivity contribution in [1.29, 1.82) is 0 Å². The number of rotatable bonds is 3. The van der Waals surface area contributed by atoms with Gasteiger partial charge in [-0.1, -0.05) is 17.7 Å². The van der Waals surface area contributed by atoms with Crippen molar-refractivity contribution < 1.29 is 18.7 Å². The summed E-state index contributed by atoms with van der Waals surface area (Å²) >= 11 is 5.93. The highest BCUT2D eigenvalue weighted by molar-refractivity contribution is 6.31. The number of halogens is 2. The smallest absolute Gasteiger partial charge is 0.310 e. The van der Waals surface area contributed by atoms with Crippen LogP contribution in [-0.2, 0) is 20.7 Å². The zero-order valence-electron chi connectivity index (χ0n) is 11.8. The second-order valence-electron chi connectivity index (χ2n) is 5.11. The van der Waals surface area contributed by atoms with Gasteiger partial charge < -0.3 is 9.64 Å². The number of amides is 1. The van der Waals surface area contributed by atoms with Gasteiger partial charge in [0.15, 0.2) is 0 Å². The molecule has 1 aromatic rings. The summed E-state index contributed by atoms with van der Waals surface area (Å²) in [7, 11) is 1.35. The lowest BCUT2D eigenvalue weighted by Crippen LogP contribution is -2.43. The van der Waals surface area contributed by atoms with E-state index in [0.717, 1.165) is 12.8 Å². The number of carbonyl (C=O) groups excluding carboxylic acids is 2. The average molecular weight is 314 g/mol. The summed E-state index contributed by atoms with van der Waals surface area (Å²) in [6.45, 7) is 0.982. The minimum absolute atomic E-state index is 0.104. The maximum absolute atomic E-state index is 13.0. The third-order valence-electron chi connectivity index (χ3n) is 3.67. The highest BCUT2D eigenvalue weighted by Gasteiger charge is 2.29. The lowest BCUT2D eigenvalue weighted by molar-refractivity contribution is -0.148. The first-order valence-electron chi connectivity index (χ1n) is 6.80. The number of piperidine rings is 1. The summed E-state index contributed by atoms with van der Waals surface area (Å²) < 4.78 is 17.7. The lowest BCUT2D eigenvalue weighted by Gasteiger charge is -2.31. The third-order valence-corrected chi connectivity index (χ3v) is 4.02. The van der Waals surface area contributed by atoms with Crippen LogP contribution >= 0.6 is 11.6 Å². The summed E-state index contributed by atoms with van der Waals surface area (Å²) in [5.74, 6) is -1.10. The van der Waals surface area contributed by atoms with Crippen molar-refractivity contribution >= 4 is 23.5 Å². The SMILES string of the molecule is COC(=O)[C@@H]1CCCN(C(=O)Cc2ccc(F)cc2Cl)C1. The van der Waals surface area contributed by atoms with Crippen molar-refractivity contribution in [3.8, 4) is 0 Å². The molecule has 1 saturated heterocycles. The van der Waals surface area contributed by atoms with E-state index < -0.39 is 5.82 Å². The maximum Gasteiger partial charge on any atom is 0.310 e. The average Bonchev–Trinajstić information content (AvgIpc) is 2.49. The van der Waals surface area contributed by atoms with Crippen molar-refractivity contribution in [2.45, 2.75) is 19.3 Å². The van der Waals surface area contributed by atoms with Crippen LogP contribution in [0, 0.1) is 11.7 Å². The molecule has 21 heavy (non-hydrogen) atoms. The molecule has 0 unspecified atom stereocenters. The van der Waals surface area contributed by atoms with Crippen LogP contribution in [0.25, 0.3) is 0 Å². The topological polar surface area (TPSA) is 46.6 Å². The Bertz CT molecular complexity index is 550. The lowest BCUT2D eigenvalue weighted by atomic mass is 9.97. The number of hydrogen-bond donors (Lipinski definition) is 0. The normalized spacial score (nSPS) is 18.4. The van der Waals surface area contributed by atoms with E-state index in [1.807, 2.05) is 0 Å². The number of esters is 1. The fourth-order valence-corrected chi connectivity index (χ4v) is 2.74. The monoisotopic (exact) mass is 313 g/mol. The number of hydrogen-bond acceptors (Lipinski definition) is 3. The number of benzene rings is 1. The molecule has 0 radical (unpaired) electrons. The Morgan fingerprint density at radius 3 is 2.90 bits per heavy atom. The Morgan fingerprint density at radius 1 is 1.48 bits per heavy atom. The molecule has 1 aliphatic heterocycles. The number of methoxy groups -OCH3 is 1. The molecule has 0 spiro atoms. The minimum Gasteiger partial charge on any atom is -0.469 e. The van der Waals surface area contributed by atoms with E-state index in [-0.39, 0.29) is 29.2 Å². The predicted octanol–water partition coefficient (Wildman–Crippen LogP) is 2.43. The highest BCUT2D eigenvalue weighted by Crippen LogP contribution is 2.21. The quantitative estimate of drug-likeness (QED) is 0.805. The molecule has 4 nitrogen and oxygen atoms in total. The van der Waals surface area contributed by atoms with Gasteiger partial charge in [0.05, 0.1) is 19.4 Å². The molecule has 0 aromatic heterocycles. The van der Waals surface area contributed by atoms with Crippen LogP contribution < -0.4 is 0 Å². The number of ether oxygens (including phenoxy) is 1. The van der Waals surface area contributed by atoms with Gasteiger partial charge in [0.1, 0.15) is 5.82 Å². The maximum atomic E-state index is 13.0. The van der Waals surface area contributed by atoms with Crippen molar-refractivity contribution in [2.75, 3.05) is 20.2 Å². The molecule has 1 heterocycles. The van der Waals surface area contributed by atoms with Crippen LogP contribution in [0.4, 0.5) is 4.39 Å². The molecular weight excluding hydrogens is 297 g/mol. The van der Waals surface area contributed by atoms with E-state index in [4.69, 9.17) is 16.3 Å². The van der Waals surface area contributed by atoms with E-state index >= 15 is 0 Å². The fourth-order valence-electron chi connectivity index (χ4n) is 2.50. The van der Waals surface area contributed by atoms with E-state index in [0.29, 0.717) is 18.7 Å². The van der Waals surface area contributed by atoms with Gasteiger partial charge in [-0.25, -0.2) is 4.39 Å². The van der Waals surface area contributed by atoms with E-state index in [1.165, 1.54) is 25.3 Å². The van der Waals surface area contributed by atoms with Gasteiger partial charge in [0, 0.05) is 18.1 Å². The van der Waals surface area contributed by atoms with Gasteiger partial charge in [-0.2, -0.15) is 0 Å². The molecule has 114 valence electrons. The van der Waals surface area contributed by atoms with Crippen LogP contribution in [0.15, 0.2) is 18.2 Å². The van der Waals surface area contributed by atoms with Crippen LogP contribution in [0.1, 0.15) is 18.4 Å². The van der Waals surface area contributed by atoms with Crippen LogP contribution in [0.3, 0.4) is 0 Å². The predicted molar refractivity (Wildman–Crippen MR) is 76.4 cm³/mol. The number of carbonyl (C=O) groups is 2. The molecule has 0 N–H and O–H groups in total. The van der Waals surface area contributed by atoms with Gasteiger partial charge in [0.25, 0.3) is 0 Å². The molecular formula is C15H17ClFNO3. The molecule has 0 bridgehead atoms. The second kappa shape index (κ2) is 6.89. The van der Waals surface area contributed by atoms with Crippen LogP contribution in [0.5, 0.6) is 0 Å². The third kappa shape index (κ3) is 3.94. The fraction of sp³-hybridized carbons (Fsp3) is 0.467. The summed E-state index contributed by atoms with van der Waals surface area (Å²) in [6.07, 6.45) is 1.60. The van der Waals surface area contributed by atoms with Gasteiger partial charge in [-0.15, -0.1) is 0 Å². The van der Waals surface area contributed by atoms with E-state index in [2.05, 4.69) is 0 Å². The van der Waals surface area contributed by atoms with Gasteiger partial charge in [-0.3, -0.25) is 9.59 Å². The first-order chi connectivity index (χ1) is 10.0. The second-order valence-corrected chi connectivity index (χ2v) is 5.52. The summed E-state index contributed by atoms with van der Waals surface area (Å²) in [5.41, 5.74) is 0.586. The standard InChI is InChI=1S/C15H17ClFNO3/c1-21-15(20)11-3-2-6-18(9-11)14(19)7-10-4-5-12(17)8-13(10)16/h4-5,8,11H,2-3,6-7,9H2,1H3/t11-/m1/s1. The molecule has 6 heteroatoms. The molecule has 1 amide bonds. The van der Waals surface area contributed by atoms with Crippen molar-refractivity contribution in [3.63, 3.8) is 0 Å². The summed E-state index contributed by atoms with van der Waals surface area (Å²) in [6, 6.07) is 3.98. The Labute approximate surface area is 127 Å². The van der Waals surface area contributed by atoms with Gasteiger partial charge in [0.2, 0.25) is 5.91 Å². The molecule has 1 aliphatic rings. The number of likely N-dealkylation sites (tertiary alicyclic amines) is 1. The Balaban J connectivity index is 2.01. The Kier molecular flexibility index (Phi) is 5.17. The van der Waals surface area contributed by atoms with Crippen LogP contribution in [-0.4, -0.2) is 37.0 Å². The first-order valence-corrected chi connectivity index (χ1v) is 7.18. The molecule has 1 fully saturated rings. The molecule has 0 aliphatic carbocycles. The summed E-state index contributed by atoms with van der Waals surface area (Å²) in [4.78, 5) is 25.5. The molecule has 0 saturated carbocycles. The molecule has 1 aromatic carbocycles. The number of nitrogens with zero attached hydrogens (tertiary/aromatic N) is 1. The molecule has 2 rings (SSSR count). The Morgan fingerprint density at radius 2 is 2.24 bits per heavy atom. The summed E-state index contributed by atoms with van der Waals surface area (Å²) in [5, 5.41) is 0.241. The van der Waals surface area contributed by atoms with Crippen molar-refractivity contribution in [3.05, 3.63) is 34.6 Å². The van der Waals surface area contributed by atoms with Gasteiger partial charge >= 0.3 is 5.97 Å². The highest BCUT2D eigenvalue weighted by atomic mass is 35.5. The molecule has 1 atom stereocenters. The minimum atomic E-state index is -0.431. The Hall–Kier alpha value is -1.62. The van der Waals surface area contributed by atoms with Gasteiger partial charge in [-0.05, 0) is 30.5 Å². The largest absolute Gasteiger partial charge is 0.469 e. The van der Waals surface area contributed by atoms with Crippen LogP contribution in [0.2, 0.25) is 5.02 Å². The van der Waals surface area contributed by atoms with Crippen molar-refractivity contribution in [2.24, 2.45) is 5.92 Å². The first kappa shape index (κ1) is 15.8. The zero-order valence-corrected chi connectivity index (χ0v) is 12.5. The zero-order chi connectivity index (χ0) is 15.4. The van der Waals surface area contributed by atoms with E-state index in [9.17, 15) is 14.0 Å².